The summed E-state index contributed by atoms with van der Waals surface area (Å²) >= 11 is 1.23. The number of hydrogen-bond donors (Lipinski definition) is 1. The lowest BCUT2D eigenvalue weighted by atomic mass is 10.1. The van der Waals surface area contributed by atoms with Gasteiger partial charge in [-0.15, -0.1) is 10.2 Å². The predicted octanol–water partition coefficient (Wildman–Crippen LogP) is 5.61. The Bertz CT molecular complexity index is 1220. The first-order valence-corrected chi connectivity index (χ1v) is 11.8. The molecular formula is C25H24N4O2S. The fourth-order valence-electron chi connectivity index (χ4n) is 3.94. The van der Waals surface area contributed by atoms with Crippen molar-refractivity contribution in [1.82, 2.24) is 10.2 Å². The second kappa shape index (κ2) is 9.44. The van der Waals surface area contributed by atoms with Crippen molar-refractivity contribution in [3.05, 3.63) is 66.7 Å². The van der Waals surface area contributed by atoms with Gasteiger partial charge < -0.3 is 14.6 Å². The van der Waals surface area contributed by atoms with Crippen molar-refractivity contribution < 1.29 is 9.21 Å². The van der Waals surface area contributed by atoms with Gasteiger partial charge in [-0.05, 0) is 66.4 Å². The van der Waals surface area contributed by atoms with E-state index < -0.39 is 0 Å². The van der Waals surface area contributed by atoms with Crippen molar-refractivity contribution in [2.75, 3.05) is 29.1 Å². The standard InChI is InChI=1S/C25H24N4O2S/c30-23(26-21-10-12-22(13-11-21)29-14-4-1-5-15-29)17-32-25-28-27-24(31-25)20-9-8-18-6-2-3-7-19(18)16-20/h2-3,6-13,16H,1,4-5,14-15,17H2,(H,26,30). The predicted molar refractivity (Wildman–Crippen MR) is 129 cm³/mol. The van der Waals surface area contributed by atoms with Crippen LogP contribution in [0.25, 0.3) is 22.2 Å². The van der Waals surface area contributed by atoms with Gasteiger partial charge in [-0.25, -0.2) is 0 Å². The van der Waals surface area contributed by atoms with E-state index in [2.05, 4.69) is 38.6 Å². The van der Waals surface area contributed by atoms with E-state index in [1.807, 2.05) is 48.5 Å². The SMILES string of the molecule is O=C(CSc1nnc(-c2ccc3ccccc3c2)o1)Nc1ccc(N2CCCCC2)cc1. The number of carbonyl (C=O) groups is 1. The van der Waals surface area contributed by atoms with Crippen LogP contribution in [0.5, 0.6) is 0 Å². The molecule has 0 bridgehead atoms. The topological polar surface area (TPSA) is 71.3 Å². The Labute approximate surface area is 191 Å². The zero-order chi connectivity index (χ0) is 21.8. The number of anilines is 2. The molecule has 1 aliphatic heterocycles. The summed E-state index contributed by atoms with van der Waals surface area (Å²) in [5.41, 5.74) is 2.86. The van der Waals surface area contributed by atoms with Gasteiger partial charge in [-0.1, -0.05) is 42.1 Å². The van der Waals surface area contributed by atoms with Gasteiger partial charge in [0, 0.05) is 30.0 Å². The van der Waals surface area contributed by atoms with Crippen LogP contribution >= 0.6 is 11.8 Å². The molecule has 2 heterocycles. The van der Waals surface area contributed by atoms with Crippen molar-refractivity contribution in [1.29, 1.82) is 0 Å². The molecule has 4 aromatic rings. The van der Waals surface area contributed by atoms with Gasteiger partial charge in [-0.2, -0.15) is 0 Å². The third-order valence-corrected chi connectivity index (χ3v) is 6.42. The third-order valence-electron chi connectivity index (χ3n) is 5.60. The number of nitrogens with one attached hydrogen (secondary N) is 1. The molecule has 7 heteroatoms. The molecule has 1 aromatic heterocycles. The zero-order valence-corrected chi connectivity index (χ0v) is 18.5. The molecule has 0 radical (unpaired) electrons. The van der Waals surface area contributed by atoms with Crippen molar-refractivity contribution in [3.63, 3.8) is 0 Å². The van der Waals surface area contributed by atoms with Gasteiger partial charge in [0.25, 0.3) is 5.22 Å². The van der Waals surface area contributed by atoms with Gasteiger partial charge in [0.05, 0.1) is 5.75 Å². The van der Waals surface area contributed by atoms with Gasteiger partial charge in [0.1, 0.15) is 0 Å². The van der Waals surface area contributed by atoms with Crippen LogP contribution in [-0.4, -0.2) is 34.9 Å². The van der Waals surface area contributed by atoms with Crippen molar-refractivity contribution in [2.45, 2.75) is 24.5 Å². The van der Waals surface area contributed by atoms with Gasteiger partial charge in [-0.3, -0.25) is 4.79 Å². The molecule has 5 rings (SSSR count). The van der Waals surface area contributed by atoms with E-state index in [4.69, 9.17) is 4.42 Å². The number of nitrogens with zero attached hydrogens (tertiary/aromatic N) is 3. The molecule has 0 aliphatic carbocycles. The molecule has 1 saturated heterocycles. The van der Waals surface area contributed by atoms with E-state index in [0.717, 1.165) is 35.1 Å². The smallest absolute Gasteiger partial charge is 0.277 e. The molecule has 3 aromatic carbocycles. The summed E-state index contributed by atoms with van der Waals surface area (Å²) in [6.07, 6.45) is 3.80. The van der Waals surface area contributed by atoms with Crippen LogP contribution in [0.2, 0.25) is 0 Å². The van der Waals surface area contributed by atoms with Crippen molar-refractivity contribution in [3.8, 4) is 11.5 Å². The van der Waals surface area contributed by atoms with E-state index in [0.29, 0.717) is 11.1 Å². The lowest BCUT2D eigenvalue weighted by Gasteiger charge is -2.28. The van der Waals surface area contributed by atoms with Gasteiger partial charge in [0.2, 0.25) is 11.8 Å². The van der Waals surface area contributed by atoms with Crippen LogP contribution in [0.4, 0.5) is 11.4 Å². The Morgan fingerprint density at radius 2 is 1.72 bits per heavy atom. The molecule has 0 atom stereocenters. The van der Waals surface area contributed by atoms with E-state index in [1.54, 1.807) is 0 Å². The monoisotopic (exact) mass is 444 g/mol. The molecular weight excluding hydrogens is 420 g/mol. The molecule has 1 aliphatic rings. The van der Waals surface area contributed by atoms with Gasteiger partial charge in [0.15, 0.2) is 0 Å². The van der Waals surface area contributed by atoms with E-state index >= 15 is 0 Å². The quantitative estimate of drug-likeness (QED) is 0.390. The zero-order valence-electron chi connectivity index (χ0n) is 17.7. The Morgan fingerprint density at radius 1 is 0.938 bits per heavy atom. The fraction of sp³-hybridized carbons (Fsp3) is 0.240. The number of carbonyl (C=O) groups excluding carboxylic acids is 1. The Balaban J connectivity index is 1.16. The van der Waals surface area contributed by atoms with Crippen LogP contribution in [0, 0.1) is 0 Å². The lowest BCUT2D eigenvalue weighted by molar-refractivity contribution is -0.113. The van der Waals surface area contributed by atoms with Crippen LogP contribution in [0.15, 0.2) is 76.4 Å². The number of thioether (sulfide) groups is 1. The number of benzene rings is 3. The van der Waals surface area contributed by atoms with E-state index in [-0.39, 0.29) is 11.7 Å². The maximum absolute atomic E-state index is 12.4. The number of rotatable bonds is 6. The molecule has 162 valence electrons. The minimum Gasteiger partial charge on any atom is -0.411 e. The highest BCUT2D eigenvalue weighted by molar-refractivity contribution is 7.99. The summed E-state index contributed by atoms with van der Waals surface area (Å²) in [6.45, 7) is 2.21. The molecule has 6 nitrogen and oxygen atoms in total. The minimum atomic E-state index is -0.105. The summed E-state index contributed by atoms with van der Waals surface area (Å²) in [4.78, 5) is 14.8. The first kappa shape index (κ1) is 20.6. The van der Waals surface area contributed by atoms with Crippen LogP contribution in [-0.2, 0) is 4.79 Å². The van der Waals surface area contributed by atoms with Gasteiger partial charge >= 0.3 is 0 Å². The first-order chi connectivity index (χ1) is 15.7. The summed E-state index contributed by atoms with van der Waals surface area (Å²) in [5, 5.41) is 13.8. The molecule has 1 fully saturated rings. The molecule has 1 amide bonds. The average Bonchev–Trinajstić information content (AvgIpc) is 3.33. The minimum absolute atomic E-state index is 0.105. The second-order valence-corrected chi connectivity index (χ2v) is 8.79. The lowest BCUT2D eigenvalue weighted by Crippen LogP contribution is -2.29. The Hall–Kier alpha value is -3.32. The molecule has 32 heavy (non-hydrogen) atoms. The second-order valence-electron chi connectivity index (χ2n) is 7.87. The van der Waals surface area contributed by atoms with E-state index in [1.165, 1.54) is 36.7 Å². The van der Waals surface area contributed by atoms with E-state index in [9.17, 15) is 4.79 Å². The maximum Gasteiger partial charge on any atom is 0.277 e. The van der Waals surface area contributed by atoms with Crippen molar-refractivity contribution >= 4 is 39.8 Å². The average molecular weight is 445 g/mol. The normalized spacial score (nSPS) is 13.9. The highest BCUT2D eigenvalue weighted by Crippen LogP contribution is 2.27. The Kier molecular flexibility index (Phi) is 6.07. The number of hydrogen-bond acceptors (Lipinski definition) is 6. The third kappa shape index (κ3) is 4.78. The van der Waals surface area contributed by atoms with Crippen LogP contribution in [0.1, 0.15) is 19.3 Å². The molecule has 0 unspecified atom stereocenters. The molecule has 1 N–H and O–H groups in total. The van der Waals surface area contributed by atoms with Crippen LogP contribution in [0.3, 0.4) is 0 Å². The number of amides is 1. The Morgan fingerprint density at radius 3 is 2.53 bits per heavy atom. The highest BCUT2D eigenvalue weighted by atomic mass is 32.2. The fourth-order valence-corrected chi connectivity index (χ4v) is 4.50. The largest absolute Gasteiger partial charge is 0.411 e. The number of aromatic nitrogens is 2. The molecule has 0 spiro atoms. The summed E-state index contributed by atoms with van der Waals surface area (Å²) in [7, 11) is 0. The number of fused-ring (bicyclic) bond motifs is 1. The number of piperidine rings is 1. The summed E-state index contributed by atoms with van der Waals surface area (Å²) < 4.78 is 5.76. The summed E-state index contributed by atoms with van der Waals surface area (Å²) in [6, 6.07) is 22.2. The van der Waals surface area contributed by atoms with Crippen LogP contribution < -0.4 is 10.2 Å². The van der Waals surface area contributed by atoms with Crippen molar-refractivity contribution in [2.24, 2.45) is 0 Å². The molecule has 0 saturated carbocycles. The highest BCUT2D eigenvalue weighted by Gasteiger charge is 2.13. The first-order valence-electron chi connectivity index (χ1n) is 10.8. The summed E-state index contributed by atoms with van der Waals surface area (Å²) in [5.74, 6) is 0.547. The maximum atomic E-state index is 12.4.